The molecule has 0 saturated heterocycles. The van der Waals surface area contributed by atoms with Crippen molar-refractivity contribution in [2.75, 3.05) is 20.8 Å². The average molecular weight is 246 g/mol. The molecule has 1 heterocycles. The minimum atomic E-state index is 0.602. The van der Waals surface area contributed by atoms with Gasteiger partial charge >= 0.3 is 0 Å². The van der Waals surface area contributed by atoms with Crippen molar-refractivity contribution < 1.29 is 9.47 Å². The van der Waals surface area contributed by atoms with Crippen LogP contribution in [0.25, 0.3) is 10.9 Å². The molecular formula is C14H18N2O2. The molecule has 0 aliphatic heterocycles. The van der Waals surface area contributed by atoms with Crippen molar-refractivity contribution >= 4 is 10.9 Å². The number of benzene rings is 1. The molecule has 0 aliphatic carbocycles. The van der Waals surface area contributed by atoms with Crippen LogP contribution in [0.15, 0.2) is 18.2 Å². The Morgan fingerprint density at radius 3 is 2.39 bits per heavy atom. The number of aryl methyl sites for hydroxylation is 1. The van der Waals surface area contributed by atoms with Crippen LogP contribution in [0.2, 0.25) is 0 Å². The zero-order valence-electron chi connectivity index (χ0n) is 11.0. The summed E-state index contributed by atoms with van der Waals surface area (Å²) in [5, 5.41) is 1.08. The lowest BCUT2D eigenvalue weighted by Gasteiger charge is -2.11. The lowest BCUT2D eigenvalue weighted by Crippen LogP contribution is -2.05. The second-order valence-electron chi connectivity index (χ2n) is 4.19. The summed E-state index contributed by atoms with van der Waals surface area (Å²) in [6.07, 6.45) is 0.783. The van der Waals surface area contributed by atoms with Crippen LogP contribution in [0.4, 0.5) is 0 Å². The lowest BCUT2D eigenvalue weighted by atomic mass is 10.1. The van der Waals surface area contributed by atoms with Gasteiger partial charge in [0.2, 0.25) is 0 Å². The Morgan fingerprint density at radius 2 is 1.78 bits per heavy atom. The summed E-state index contributed by atoms with van der Waals surface area (Å²) < 4.78 is 10.6. The van der Waals surface area contributed by atoms with Gasteiger partial charge in [-0.25, -0.2) is 0 Å². The minimum Gasteiger partial charge on any atom is -0.493 e. The van der Waals surface area contributed by atoms with E-state index in [1.165, 1.54) is 5.56 Å². The molecule has 0 amide bonds. The van der Waals surface area contributed by atoms with Gasteiger partial charge in [-0.2, -0.15) is 0 Å². The van der Waals surface area contributed by atoms with Crippen molar-refractivity contribution in [2.24, 2.45) is 5.73 Å². The highest BCUT2D eigenvalue weighted by Crippen LogP contribution is 2.32. The number of pyridine rings is 1. The fourth-order valence-corrected chi connectivity index (χ4v) is 2.07. The smallest absolute Gasteiger partial charge is 0.162 e. The molecule has 4 nitrogen and oxygen atoms in total. The van der Waals surface area contributed by atoms with Gasteiger partial charge in [-0.1, -0.05) is 0 Å². The van der Waals surface area contributed by atoms with E-state index in [4.69, 9.17) is 15.2 Å². The highest BCUT2D eigenvalue weighted by Gasteiger charge is 2.09. The van der Waals surface area contributed by atoms with Crippen molar-refractivity contribution in [2.45, 2.75) is 13.3 Å². The first-order valence-electron chi connectivity index (χ1n) is 5.92. The van der Waals surface area contributed by atoms with Crippen molar-refractivity contribution in [3.63, 3.8) is 0 Å². The third-order valence-corrected chi connectivity index (χ3v) is 2.97. The van der Waals surface area contributed by atoms with Gasteiger partial charge in [-0.15, -0.1) is 0 Å². The molecule has 18 heavy (non-hydrogen) atoms. The summed E-state index contributed by atoms with van der Waals surface area (Å²) >= 11 is 0. The number of methoxy groups -OCH3 is 2. The first-order valence-corrected chi connectivity index (χ1v) is 5.92. The average Bonchev–Trinajstić information content (AvgIpc) is 2.37. The Hall–Kier alpha value is -1.81. The summed E-state index contributed by atoms with van der Waals surface area (Å²) in [6.45, 7) is 2.67. The van der Waals surface area contributed by atoms with E-state index in [1.54, 1.807) is 14.2 Å². The van der Waals surface area contributed by atoms with E-state index in [0.717, 1.165) is 28.8 Å². The Kier molecular flexibility index (Phi) is 3.67. The number of aromatic nitrogens is 1. The summed E-state index contributed by atoms with van der Waals surface area (Å²) in [6, 6.07) is 5.94. The Balaban J connectivity index is 2.64. The topological polar surface area (TPSA) is 57.4 Å². The molecule has 0 bridgehead atoms. The Bertz CT molecular complexity index is 567. The quantitative estimate of drug-likeness (QED) is 0.897. The van der Waals surface area contributed by atoms with Gasteiger partial charge in [0, 0.05) is 23.6 Å². The summed E-state index contributed by atoms with van der Waals surface area (Å²) in [7, 11) is 3.26. The molecule has 0 radical (unpaired) electrons. The molecule has 4 heteroatoms. The third-order valence-electron chi connectivity index (χ3n) is 2.97. The van der Waals surface area contributed by atoms with Crippen LogP contribution in [-0.2, 0) is 6.42 Å². The second kappa shape index (κ2) is 5.23. The number of nitrogens with zero attached hydrogens (tertiary/aromatic N) is 1. The molecule has 0 unspecified atom stereocenters. The van der Waals surface area contributed by atoms with Crippen LogP contribution in [0.5, 0.6) is 11.5 Å². The van der Waals surface area contributed by atoms with E-state index in [-0.39, 0.29) is 0 Å². The normalized spacial score (nSPS) is 10.7. The van der Waals surface area contributed by atoms with Crippen molar-refractivity contribution in [3.05, 3.63) is 29.5 Å². The second-order valence-corrected chi connectivity index (χ2v) is 4.19. The maximum absolute atomic E-state index is 5.57. The minimum absolute atomic E-state index is 0.602. The first-order chi connectivity index (χ1) is 8.69. The van der Waals surface area contributed by atoms with E-state index in [0.29, 0.717) is 12.3 Å². The number of nitrogens with two attached hydrogens (primary N) is 1. The zero-order valence-corrected chi connectivity index (χ0v) is 11.0. The highest BCUT2D eigenvalue weighted by molar-refractivity contribution is 5.85. The fraction of sp³-hybridized carbons (Fsp3) is 0.357. The van der Waals surface area contributed by atoms with E-state index in [2.05, 4.69) is 18.0 Å². The Labute approximate surface area is 107 Å². The number of hydrogen-bond donors (Lipinski definition) is 1. The summed E-state index contributed by atoms with van der Waals surface area (Å²) in [5.74, 6) is 1.42. The molecule has 2 aromatic rings. The maximum Gasteiger partial charge on any atom is 0.162 e. The molecule has 2 N–H and O–H groups in total. The van der Waals surface area contributed by atoms with E-state index >= 15 is 0 Å². The van der Waals surface area contributed by atoms with Crippen LogP contribution in [0.3, 0.4) is 0 Å². The molecule has 1 aromatic carbocycles. The third kappa shape index (κ3) is 2.24. The highest BCUT2D eigenvalue weighted by atomic mass is 16.5. The molecule has 0 spiro atoms. The van der Waals surface area contributed by atoms with Crippen LogP contribution in [0.1, 0.15) is 11.3 Å². The molecule has 2 rings (SSSR count). The van der Waals surface area contributed by atoms with Gasteiger partial charge in [-0.3, -0.25) is 4.98 Å². The van der Waals surface area contributed by atoms with Gasteiger partial charge in [0.25, 0.3) is 0 Å². The van der Waals surface area contributed by atoms with Crippen molar-refractivity contribution in [3.8, 4) is 11.5 Å². The van der Waals surface area contributed by atoms with Gasteiger partial charge in [0.05, 0.1) is 19.7 Å². The van der Waals surface area contributed by atoms with Crippen LogP contribution < -0.4 is 15.2 Å². The summed E-state index contributed by atoms with van der Waals surface area (Å²) in [5.41, 5.74) is 8.66. The van der Waals surface area contributed by atoms with Gasteiger partial charge < -0.3 is 15.2 Å². The number of ether oxygens (including phenoxy) is 2. The largest absolute Gasteiger partial charge is 0.493 e. The van der Waals surface area contributed by atoms with Crippen molar-refractivity contribution in [1.82, 2.24) is 4.98 Å². The van der Waals surface area contributed by atoms with E-state index in [9.17, 15) is 0 Å². The molecule has 0 aliphatic rings. The number of hydrogen-bond acceptors (Lipinski definition) is 4. The number of rotatable bonds is 4. The van der Waals surface area contributed by atoms with E-state index < -0.39 is 0 Å². The van der Waals surface area contributed by atoms with Crippen LogP contribution >= 0.6 is 0 Å². The SMILES string of the molecule is COc1cc2nc(CCN)cc(C)c2cc1OC. The van der Waals surface area contributed by atoms with Gasteiger partial charge in [0.15, 0.2) is 11.5 Å². The fourth-order valence-electron chi connectivity index (χ4n) is 2.07. The molecule has 0 fully saturated rings. The maximum atomic E-state index is 5.57. The molecular weight excluding hydrogens is 228 g/mol. The number of fused-ring (bicyclic) bond motifs is 1. The van der Waals surface area contributed by atoms with Gasteiger partial charge in [0.1, 0.15) is 0 Å². The zero-order chi connectivity index (χ0) is 13.1. The van der Waals surface area contributed by atoms with E-state index in [1.807, 2.05) is 12.1 Å². The molecule has 96 valence electrons. The molecule has 0 saturated carbocycles. The van der Waals surface area contributed by atoms with Crippen LogP contribution in [-0.4, -0.2) is 25.7 Å². The van der Waals surface area contributed by atoms with Gasteiger partial charge in [-0.05, 0) is 31.2 Å². The molecule has 0 atom stereocenters. The predicted molar refractivity (Wildman–Crippen MR) is 72.3 cm³/mol. The standard InChI is InChI=1S/C14H18N2O2/c1-9-6-10(4-5-15)16-12-8-14(18-3)13(17-2)7-11(9)12/h6-8H,4-5,15H2,1-3H3. The lowest BCUT2D eigenvalue weighted by molar-refractivity contribution is 0.356. The van der Waals surface area contributed by atoms with Crippen molar-refractivity contribution in [1.29, 1.82) is 0 Å². The first kappa shape index (κ1) is 12.6. The Morgan fingerprint density at radius 1 is 1.11 bits per heavy atom. The summed E-state index contributed by atoms with van der Waals surface area (Å²) in [4.78, 5) is 4.59. The monoisotopic (exact) mass is 246 g/mol. The van der Waals surface area contributed by atoms with Crippen LogP contribution in [0, 0.1) is 6.92 Å². The predicted octanol–water partition coefficient (Wildman–Crippen LogP) is 2.06. The molecule has 1 aromatic heterocycles.